The molecular weight excluding hydrogens is 973 g/mol. The molecule has 0 aromatic heterocycles. The Bertz CT molecular complexity index is 1410. The smallest absolute Gasteiger partial charge is 0.306 e. The third-order valence-corrected chi connectivity index (χ3v) is 15.5. The van der Waals surface area contributed by atoms with Crippen molar-refractivity contribution in [3.8, 4) is 0 Å². The first-order valence-corrected chi connectivity index (χ1v) is 34.8. The Morgan fingerprint density at radius 2 is 0.494 bits per heavy atom. The Morgan fingerprint density at radius 1 is 0.266 bits per heavy atom. The molecule has 6 heteroatoms. The van der Waals surface area contributed by atoms with Gasteiger partial charge in [-0.3, -0.25) is 14.4 Å². The van der Waals surface area contributed by atoms with Gasteiger partial charge in [-0.05, 0) is 103 Å². The zero-order valence-corrected chi connectivity index (χ0v) is 52.9. The van der Waals surface area contributed by atoms with Crippen LogP contribution in [0, 0.1) is 0 Å². The highest BCUT2D eigenvalue weighted by molar-refractivity contribution is 5.71. The molecule has 0 amide bonds. The first kappa shape index (κ1) is 76.1. The maximum atomic E-state index is 12.9. The number of unbranched alkanes of at least 4 members (excludes halogenated alkanes) is 43. The number of allylic oxidation sites excluding steroid dienone is 10. The molecule has 0 aromatic rings. The lowest BCUT2D eigenvalue weighted by Crippen LogP contribution is -2.30. The number of carbonyl (C=O) groups excluding carboxylic acids is 3. The molecule has 0 spiro atoms. The monoisotopic (exact) mass is 1110 g/mol. The van der Waals surface area contributed by atoms with Gasteiger partial charge in [-0.1, -0.05) is 306 Å². The van der Waals surface area contributed by atoms with Crippen molar-refractivity contribution in [2.24, 2.45) is 0 Å². The van der Waals surface area contributed by atoms with Gasteiger partial charge in [0.2, 0.25) is 0 Å². The molecule has 0 N–H and O–H groups in total. The summed E-state index contributed by atoms with van der Waals surface area (Å²) in [6.45, 7) is 6.56. The summed E-state index contributed by atoms with van der Waals surface area (Å²) in [5, 5.41) is 0. The van der Waals surface area contributed by atoms with Crippen molar-refractivity contribution >= 4 is 17.9 Å². The SMILES string of the molecule is CC/C=C\C/C=C\C/C=C\CCCCCC(=O)OCC(COC(=O)CCCCCCCCCCCCCCC/C=C\CCCCCCCCCC)OC(=O)CCCCCCCCCCCCC/C=C\CCCCCCCCCC. The minimum Gasteiger partial charge on any atom is -0.462 e. The zero-order chi connectivity index (χ0) is 57.1. The summed E-state index contributed by atoms with van der Waals surface area (Å²) < 4.78 is 16.9. The molecule has 79 heavy (non-hydrogen) atoms. The normalized spacial score (nSPS) is 12.4. The second-order valence-corrected chi connectivity index (χ2v) is 23.4. The van der Waals surface area contributed by atoms with E-state index >= 15 is 0 Å². The molecule has 0 saturated carbocycles. The molecule has 6 nitrogen and oxygen atoms in total. The lowest BCUT2D eigenvalue weighted by Gasteiger charge is -2.18. The number of esters is 3. The van der Waals surface area contributed by atoms with Crippen LogP contribution in [-0.2, 0) is 28.6 Å². The summed E-state index contributed by atoms with van der Waals surface area (Å²) in [4.78, 5) is 38.4. The highest BCUT2D eigenvalue weighted by Crippen LogP contribution is 2.18. The molecule has 0 aromatic carbocycles. The van der Waals surface area contributed by atoms with Crippen LogP contribution in [0.5, 0.6) is 0 Å². The van der Waals surface area contributed by atoms with Gasteiger partial charge in [-0.25, -0.2) is 0 Å². The van der Waals surface area contributed by atoms with Gasteiger partial charge in [0.15, 0.2) is 6.10 Å². The van der Waals surface area contributed by atoms with Crippen LogP contribution in [0.1, 0.15) is 367 Å². The minimum absolute atomic E-state index is 0.0813. The van der Waals surface area contributed by atoms with Crippen molar-refractivity contribution in [1.29, 1.82) is 0 Å². The quantitative estimate of drug-likeness (QED) is 0.0261. The number of carbonyl (C=O) groups is 3. The summed E-state index contributed by atoms with van der Waals surface area (Å²) in [7, 11) is 0. The average Bonchev–Trinajstić information content (AvgIpc) is 3.45. The second kappa shape index (κ2) is 67.6. The molecule has 0 fully saturated rings. The maximum Gasteiger partial charge on any atom is 0.306 e. The highest BCUT2D eigenvalue weighted by Gasteiger charge is 2.19. The fraction of sp³-hybridized carbons (Fsp3) is 0.822. The Kier molecular flexibility index (Phi) is 65.1. The number of ether oxygens (including phenoxy) is 3. The minimum atomic E-state index is -0.787. The van der Waals surface area contributed by atoms with Crippen molar-refractivity contribution in [2.75, 3.05) is 13.2 Å². The first-order chi connectivity index (χ1) is 39.0. The summed E-state index contributed by atoms with van der Waals surface area (Å²) in [5.41, 5.74) is 0. The molecule has 0 aliphatic heterocycles. The first-order valence-electron chi connectivity index (χ1n) is 34.8. The van der Waals surface area contributed by atoms with Crippen LogP contribution in [0.25, 0.3) is 0 Å². The predicted octanol–water partition coefficient (Wildman–Crippen LogP) is 23.9. The Labute approximate surface area is 491 Å². The standard InChI is InChI=1S/C73H132O6/c1-4-7-10-13-16-19-22-25-27-29-31-33-35-36-38-39-41-43-45-48-51-54-57-60-63-66-72(75)78-69-70(68-77-71(74)65-62-59-56-53-50-47-24-21-18-15-12-9-6-3)79-73(76)67-64-61-58-55-52-49-46-44-42-40-37-34-32-30-28-26-23-20-17-14-11-8-5-2/h9,12,18,21,29-32,47,50,70H,4-8,10-11,13-17,19-20,22-28,33-46,48-49,51-69H2,1-3H3/b12-9-,21-18-,31-29-,32-30-,50-47-. The summed E-state index contributed by atoms with van der Waals surface area (Å²) in [6, 6.07) is 0. The third kappa shape index (κ3) is 65.8. The van der Waals surface area contributed by atoms with E-state index in [-0.39, 0.29) is 31.1 Å². The molecule has 0 aliphatic rings. The van der Waals surface area contributed by atoms with E-state index in [4.69, 9.17) is 14.2 Å². The molecule has 0 heterocycles. The van der Waals surface area contributed by atoms with E-state index in [1.807, 2.05) is 0 Å². The zero-order valence-electron chi connectivity index (χ0n) is 52.9. The molecular formula is C73H132O6. The van der Waals surface area contributed by atoms with Gasteiger partial charge in [-0.15, -0.1) is 0 Å². The van der Waals surface area contributed by atoms with Gasteiger partial charge in [0.05, 0.1) is 0 Å². The van der Waals surface area contributed by atoms with E-state index in [9.17, 15) is 14.4 Å². The number of hydrogen-bond acceptors (Lipinski definition) is 6. The van der Waals surface area contributed by atoms with E-state index < -0.39 is 6.10 Å². The van der Waals surface area contributed by atoms with Crippen LogP contribution in [0.15, 0.2) is 60.8 Å². The molecule has 0 bridgehead atoms. The third-order valence-electron chi connectivity index (χ3n) is 15.5. The van der Waals surface area contributed by atoms with Gasteiger partial charge < -0.3 is 14.2 Å². The van der Waals surface area contributed by atoms with Crippen molar-refractivity contribution < 1.29 is 28.6 Å². The van der Waals surface area contributed by atoms with Crippen LogP contribution in [0.4, 0.5) is 0 Å². The van der Waals surface area contributed by atoms with E-state index in [0.29, 0.717) is 19.3 Å². The van der Waals surface area contributed by atoms with Crippen LogP contribution in [0.2, 0.25) is 0 Å². The van der Waals surface area contributed by atoms with E-state index in [1.54, 1.807) is 0 Å². The van der Waals surface area contributed by atoms with Gasteiger partial charge in [0.25, 0.3) is 0 Å². The van der Waals surface area contributed by atoms with Crippen molar-refractivity contribution in [3.05, 3.63) is 60.8 Å². The average molecular weight is 1110 g/mol. The molecule has 0 radical (unpaired) electrons. The molecule has 1 atom stereocenters. The predicted molar refractivity (Wildman–Crippen MR) is 344 cm³/mol. The highest BCUT2D eigenvalue weighted by atomic mass is 16.6. The van der Waals surface area contributed by atoms with Gasteiger partial charge >= 0.3 is 17.9 Å². The topological polar surface area (TPSA) is 78.9 Å². The molecule has 460 valence electrons. The van der Waals surface area contributed by atoms with Gasteiger partial charge in [0.1, 0.15) is 13.2 Å². The number of hydrogen-bond donors (Lipinski definition) is 0. The molecule has 0 saturated heterocycles. The summed E-state index contributed by atoms with van der Waals surface area (Å²) in [5.74, 6) is -0.892. The molecule has 0 rings (SSSR count). The van der Waals surface area contributed by atoms with Crippen LogP contribution in [0.3, 0.4) is 0 Å². The lowest BCUT2D eigenvalue weighted by molar-refractivity contribution is -0.167. The van der Waals surface area contributed by atoms with Crippen LogP contribution in [-0.4, -0.2) is 37.2 Å². The van der Waals surface area contributed by atoms with E-state index in [1.165, 1.54) is 244 Å². The Balaban J connectivity index is 4.26. The van der Waals surface area contributed by atoms with Crippen LogP contribution < -0.4 is 0 Å². The second-order valence-electron chi connectivity index (χ2n) is 23.4. The van der Waals surface area contributed by atoms with Gasteiger partial charge in [0, 0.05) is 19.3 Å². The largest absolute Gasteiger partial charge is 0.462 e. The Morgan fingerprint density at radius 3 is 0.797 bits per heavy atom. The summed E-state index contributed by atoms with van der Waals surface area (Å²) >= 11 is 0. The van der Waals surface area contributed by atoms with Crippen molar-refractivity contribution in [3.63, 3.8) is 0 Å². The van der Waals surface area contributed by atoms with Crippen molar-refractivity contribution in [2.45, 2.75) is 374 Å². The lowest BCUT2D eigenvalue weighted by atomic mass is 10.0. The fourth-order valence-corrected chi connectivity index (χ4v) is 10.3. The Hall–Kier alpha value is -2.89. The van der Waals surface area contributed by atoms with Crippen molar-refractivity contribution in [1.82, 2.24) is 0 Å². The number of rotatable bonds is 64. The van der Waals surface area contributed by atoms with E-state index in [2.05, 4.69) is 81.5 Å². The van der Waals surface area contributed by atoms with Gasteiger partial charge in [-0.2, -0.15) is 0 Å². The molecule has 1 unspecified atom stereocenters. The maximum absolute atomic E-state index is 12.9. The van der Waals surface area contributed by atoms with Crippen LogP contribution >= 0.6 is 0 Å². The summed E-state index contributed by atoms with van der Waals surface area (Å²) in [6.07, 6.45) is 86.8. The fourth-order valence-electron chi connectivity index (χ4n) is 10.3. The molecule has 0 aliphatic carbocycles. The van der Waals surface area contributed by atoms with E-state index in [0.717, 1.165) is 83.5 Å².